The lowest BCUT2D eigenvalue weighted by Gasteiger charge is -2.05. The molecule has 3 rings (SSSR count). The molecule has 2 aromatic rings. The van der Waals surface area contributed by atoms with Gasteiger partial charge in [0.1, 0.15) is 0 Å². The number of aryl methyl sites for hydroxylation is 1. The molecule has 5 heteroatoms. The van der Waals surface area contributed by atoms with Gasteiger partial charge in [-0.1, -0.05) is 30.3 Å². The molecule has 0 aliphatic heterocycles. The second kappa shape index (κ2) is 7.14. The standard InChI is InChI=1S/C19H19N3O2/c1-2-24-19(23)17-16-10-9-15(13-14-7-4-3-5-8-14)18(16)22(21-17)12-6-11-20/h3-5,7-8,13H,2,6,9-10,12H2,1H3/b15-13-. The summed E-state index contributed by atoms with van der Waals surface area (Å²) in [6.07, 6.45) is 4.12. The van der Waals surface area contributed by atoms with Crippen LogP contribution < -0.4 is 0 Å². The number of rotatable bonds is 5. The SMILES string of the molecule is CCOC(=O)c1nn(CCC#N)c2c1CC/C2=C/c1ccccc1. The van der Waals surface area contributed by atoms with Crippen LogP contribution >= 0.6 is 0 Å². The van der Waals surface area contributed by atoms with Crippen LogP contribution in [-0.2, 0) is 17.7 Å². The van der Waals surface area contributed by atoms with Crippen LogP contribution in [0.3, 0.4) is 0 Å². The van der Waals surface area contributed by atoms with E-state index in [0.717, 1.165) is 35.2 Å². The molecule has 1 aromatic carbocycles. The third-order valence-corrected chi connectivity index (χ3v) is 4.04. The van der Waals surface area contributed by atoms with E-state index in [1.165, 1.54) is 0 Å². The maximum Gasteiger partial charge on any atom is 0.359 e. The summed E-state index contributed by atoms with van der Waals surface area (Å²) < 4.78 is 6.91. The topological polar surface area (TPSA) is 67.9 Å². The van der Waals surface area contributed by atoms with Crippen LogP contribution in [0.1, 0.15) is 47.1 Å². The molecule has 0 atom stereocenters. The van der Waals surface area contributed by atoms with Gasteiger partial charge in [-0.3, -0.25) is 4.68 Å². The fraction of sp³-hybridized carbons (Fsp3) is 0.316. The average Bonchev–Trinajstić information content (AvgIpc) is 3.15. The largest absolute Gasteiger partial charge is 0.461 e. The van der Waals surface area contributed by atoms with Crippen LogP contribution in [0, 0.1) is 11.3 Å². The first-order valence-electron chi connectivity index (χ1n) is 8.14. The molecular weight excluding hydrogens is 302 g/mol. The van der Waals surface area contributed by atoms with Crippen molar-refractivity contribution >= 4 is 17.6 Å². The van der Waals surface area contributed by atoms with Crippen molar-refractivity contribution in [2.75, 3.05) is 6.61 Å². The number of allylic oxidation sites excluding steroid dienone is 1. The zero-order valence-electron chi connectivity index (χ0n) is 13.7. The summed E-state index contributed by atoms with van der Waals surface area (Å²) in [5.74, 6) is -0.384. The second-order valence-electron chi connectivity index (χ2n) is 5.61. The van der Waals surface area contributed by atoms with Crippen LogP contribution in [0.25, 0.3) is 11.6 Å². The van der Waals surface area contributed by atoms with Crippen molar-refractivity contribution in [2.24, 2.45) is 0 Å². The minimum Gasteiger partial charge on any atom is -0.461 e. The molecule has 122 valence electrons. The molecule has 0 saturated heterocycles. The summed E-state index contributed by atoms with van der Waals surface area (Å²) in [4.78, 5) is 12.2. The van der Waals surface area contributed by atoms with Crippen molar-refractivity contribution in [3.63, 3.8) is 0 Å². The van der Waals surface area contributed by atoms with Gasteiger partial charge in [-0.2, -0.15) is 10.4 Å². The number of nitrogens with zero attached hydrogens (tertiary/aromatic N) is 3. The molecular formula is C19H19N3O2. The Bertz CT molecular complexity index is 813. The molecule has 1 aromatic heterocycles. The molecule has 0 N–H and O–H groups in total. The number of fused-ring (bicyclic) bond motifs is 1. The molecule has 0 radical (unpaired) electrons. The average molecular weight is 321 g/mol. The maximum absolute atomic E-state index is 12.2. The minimum absolute atomic E-state index is 0.325. The molecule has 0 fully saturated rings. The molecule has 1 aliphatic rings. The predicted molar refractivity (Wildman–Crippen MR) is 91.0 cm³/mol. The fourth-order valence-corrected chi connectivity index (χ4v) is 3.05. The van der Waals surface area contributed by atoms with Gasteiger partial charge in [-0.05, 0) is 37.0 Å². The van der Waals surface area contributed by atoms with Crippen LogP contribution in [0.15, 0.2) is 30.3 Å². The summed E-state index contributed by atoms with van der Waals surface area (Å²) in [5, 5.41) is 13.3. The van der Waals surface area contributed by atoms with E-state index in [2.05, 4.69) is 17.2 Å². The lowest BCUT2D eigenvalue weighted by atomic mass is 10.1. The van der Waals surface area contributed by atoms with Crippen molar-refractivity contribution in [3.05, 3.63) is 52.8 Å². The van der Waals surface area contributed by atoms with Crippen LogP contribution in [-0.4, -0.2) is 22.4 Å². The Balaban J connectivity index is 2.03. The molecule has 1 aliphatic carbocycles. The predicted octanol–water partition coefficient (Wildman–Crippen LogP) is 3.46. The number of benzene rings is 1. The molecule has 0 unspecified atom stereocenters. The summed E-state index contributed by atoms with van der Waals surface area (Å²) >= 11 is 0. The Morgan fingerprint density at radius 2 is 2.17 bits per heavy atom. The van der Waals surface area contributed by atoms with Crippen LogP contribution in [0.5, 0.6) is 0 Å². The van der Waals surface area contributed by atoms with E-state index >= 15 is 0 Å². The molecule has 0 bridgehead atoms. The highest BCUT2D eigenvalue weighted by Gasteiger charge is 2.30. The van der Waals surface area contributed by atoms with Crippen LogP contribution in [0.4, 0.5) is 0 Å². The monoisotopic (exact) mass is 321 g/mol. The lowest BCUT2D eigenvalue weighted by molar-refractivity contribution is 0.0517. The second-order valence-corrected chi connectivity index (χ2v) is 5.61. The normalized spacial score (nSPS) is 14.4. The van der Waals surface area contributed by atoms with Gasteiger partial charge in [0.15, 0.2) is 5.69 Å². The first-order chi connectivity index (χ1) is 11.7. The molecule has 0 spiro atoms. The van der Waals surface area contributed by atoms with Crippen molar-refractivity contribution in [2.45, 2.75) is 32.7 Å². The first-order valence-corrected chi connectivity index (χ1v) is 8.14. The number of nitriles is 1. The Labute approximate surface area is 141 Å². The molecule has 24 heavy (non-hydrogen) atoms. The number of ether oxygens (including phenoxy) is 1. The minimum atomic E-state index is -0.384. The quantitative estimate of drug-likeness (QED) is 0.791. The zero-order valence-corrected chi connectivity index (χ0v) is 13.7. The Morgan fingerprint density at radius 3 is 2.88 bits per heavy atom. The van der Waals surface area contributed by atoms with E-state index < -0.39 is 0 Å². The Kier molecular flexibility index (Phi) is 4.76. The van der Waals surface area contributed by atoms with Crippen LogP contribution in [0.2, 0.25) is 0 Å². The zero-order chi connectivity index (χ0) is 16.9. The summed E-state index contributed by atoms with van der Waals surface area (Å²) in [5.41, 5.74) is 4.57. The smallest absolute Gasteiger partial charge is 0.359 e. The Morgan fingerprint density at radius 1 is 1.38 bits per heavy atom. The number of carbonyl (C=O) groups excluding carboxylic acids is 1. The van der Waals surface area contributed by atoms with Crippen molar-refractivity contribution < 1.29 is 9.53 Å². The van der Waals surface area contributed by atoms with Gasteiger partial charge in [0.2, 0.25) is 0 Å². The van der Waals surface area contributed by atoms with E-state index in [-0.39, 0.29) is 5.97 Å². The molecule has 1 heterocycles. The highest BCUT2D eigenvalue weighted by atomic mass is 16.5. The van der Waals surface area contributed by atoms with E-state index in [9.17, 15) is 4.79 Å². The third-order valence-electron chi connectivity index (χ3n) is 4.04. The van der Waals surface area contributed by atoms with E-state index in [4.69, 9.17) is 10.00 Å². The van der Waals surface area contributed by atoms with Gasteiger partial charge in [0, 0.05) is 5.56 Å². The molecule has 0 amide bonds. The highest BCUT2D eigenvalue weighted by Crippen LogP contribution is 2.36. The number of aromatic nitrogens is 2. The third kappa shape index (κ3) is 3.09. The van der Waals surface area contributed by atoms with Gasteiger partial charge >= 0.3 is 5.97 Å². The first kappa shape index (κ1) is 16.0. The highest BCUT2D eigenvalue weighted by molar-refractivity contribution is 5.94. The van der Waals surface area contributed by atoms with Crippen molar-refractivity contribution in [1.82, 2.24) is 9.78 Å². The van der Waals surface area contributed by atoms with Gasteiger partial charge in [0.25, 0.3) is 0 Å². The number of carbonyl (C=O) groups is 1. The van der Waals surface area contributed by atoms with E-state index in [1.54, 1.807) is 11.6 Å². The van der Waals surface area contributed by atoms with Crippen molar-refractivity contribution in [1.29, 1.82) is 5.26 Å². The lowest BCUT2D eigenvalue weighted by Crippen LogP contribution is -2.09. The Hall–Kier alpha value is -2.87. The summed E-state index contributed by atoms with van der Waals surface area (Å²) in [6.45, 7) is 2.58. The van der Waals surface area contributed by atoms with Gasteiger partial charge in [0.05, 0.1) is 31.3 Å². The van der Waals surface area contributed by atoms with Gasteiger partial charge < -0.3 is 4.74 Å². The fourth-order valence-electron chi connectivity index (χ4n) is 3.05. The van der Waals surface area contributed by atoms with Gasteiger partial charge in [-0.25, -0.2) is 4.79 Å². The molecule has 0 saturated carbocycles. The number of hydrogen-bond acceptors (Lipinski definition) is 4. The van der Waals surface area contributed by atoms with E-state index in [1.807, 2.05) is 30.3 Å². The summed E-state index contributed by atoms with van der Waals surface area (Å²) in [7, 11) is 0. The van der Waals surface area contributed by atoms with Gasteiger partial charge in [-0.15, -0.1) is 0 Å². The van der Waals surface area contributed by atoms with Crippen molar-refractivity contribution in [3.8, 4) is 6.07 Å². The van der Waals surface area contributed by atoms with E-state index in [0.29, 0.717) is 25.3 Å². The number of hydrogen-bond donors (Lipinski definition) is 0. The molecule has 5 nitrogen and oxygen atoms in total. The maximum atomic E-state index is 12.2. The number of esters is 1. The summed E-state index contributed by atoms with van der Waals surface area (Å²) in [6, 6.07) is 12.2.